The van der Waals surface area contributed by atoms with Crippen LogP contribution in [-0.4, -0.2) is 0 Å². The molecule has 0 spiro atoms. The van der Waals surface area contributed by atoms with Gasteiger partial charge >= 0.3 is 0 Å². The van der Waals surface area contributed by atoms with Crippen molar-refractivity contribution < 1.29 is 0 Å². The molecule has 4 bridgehead atoms. The van der Waals surface area contributed by atoms with Gasteiger partial charge in [0.15, 0.2) is 0 Å². The van der Waals surface area contributed by atoms with E-state index >= 15 is 0 Å². The molecule has 0 N–H and O–H groups in total. The van der Waals surface area contributed by atoms with Gasteiger partial charge in [-0.3, -0.25) is 0 Å². The summed E-state index contributed by atoms with van der Waals surface area (Å²) in [6.07, 6.45) is 25.8. The molecular formula is C22H34. The van der Waals surface area contributed by atoms with E-state index in [0.717, 1.165) is 33.5 Å². The molecule has 0 heterocycles. The first kappa shape index (κ1) is 13.3. The summed E-state index contributed by atoms with van der Waals surface area (Å²) in [5, 5.41) is 0. The lowest BCUT2D eigenvalue weighted by atomic mass is 9.14. The van der Waals surface area contributed by atoms with Gasteiger partial charge < -0.3 is 0 Å². The summed E-state index contributed by atoms with van der Waals surface area (Å²) in [5.74, 6) is 2.31. The van der Waals surface area contributed by atoms with Crippen molar-refractivity contribution in [1.29, 1.82) is 0 Å². The largest absolute Gasteiger partial charge is 0.0533 e. The fraction of sp³-hybridized carbons (Fsp3) is 1.00. The fourth-order valence-electron chi connectivity index (χ4n) is 9.15. The predicted octanol–water partition coefficient (Wildman–Crippen LogP) is 6.49. The molecule has 0 aromatic heterocycles. The minimum Gasteiger partial charge on any atom is -0.0533 e. The Labute approximate surface area is 136 Å². The summed E-state index contributed by atoms with van der Waals surface area (Å²) in [7, 11) is 0. The molecule has 0 aromatic rings. The lowest BCUT2D eigenvalue weighted by molar-refractivity contribution is -0.405. The van der Waals surface area contributed by atoms with Crippen LogP contribution in [0.3, 0.4) is 0 Å². The highest BCUT2D eigenvalue weighted by atomic mass is 14.9. The molecule has 122 valence electrons. The highest BCUT2D eigenvalue weighted by molar-refractivity contribution is 5.34. The average molecular weight is 299 g/mol. The zero-order valence-corrected chi connectivity index (χ0v) is 14.5. The van der Waals surface area contributed by atoms with E-state index in [1.807, 2.05) is 0 Å². The molecule has 8 rings (SSSR count). The maximum Gasteiger partial charge on any atom is -0.0224 e. The van der Waals surface area contributed by atoms with Gasteiger partial charge in [-0.25, -0.2) is 0 Å². The fourth-order valence-corrected chi connectivity index (χ4v) is 9.15. The zero-order chi connectivity index (χ0) is 14.5. The van der Waals surface area contributed by atoms with Crippen molar-refractivity contribution in [3.8, 4) is 0 Å². The van der Waals surface area contributed by atoms with Crippen LogP contribution < -0.4 is 0 Å². The smallest absolute Gasteiger partial charge is 0.0224 e. The van der Waals surface area contributed by atoms with Crippen molar-refractivity contribution in [1.82, 2.24) is 0 Å². The first-order valence-corrected chi connectivity index (χ1v) is 10.7. The predicted molar refractivity (Wildman–Crippen MR) is 90.6 cm³/mol. The van der Waals surface area contributed by atoms with Crippen LogP contribution in [0.25, 0.3) is 0 Å². The second kappa shape index (κ2) is 3.97. The molecule has 8 fully saturated rings. The van der Waals surface area contributed by atoms with E-state index in [1.54, 1.807) is 89.9 Å². The summed E-state index contributed by atoms with van der Waals surface area (Å²) in [6.45, 7) is 0. The topological polar surface area (TPSA) is 0 Å². The monoisotopic (exact) mass is 298 g/mol. The molecule has 0 amide bonds. The van der Waals surface area contributed by atoms with Crippen molar-refractivity contribution >= 4 is 0 Å². The minimum atomic E-state index is 0.897. The standard InChI is InChI=1S/C22H34/c1-3-7-17(8-4-1)19-11-21(12-19,13-19)22-14-20(15-22,16-22)18-9-5-2-6-10-18/h17-18H,1-16H2. The third-order valence-electron chi connectivity index (χ3n) is 10.2. The number of hydrogen-bond donors (Lipinski definition) is 0. The van der Waals surface area contributed by atoms with Gasteiger partial charge in [0.25, 0.3) is 0 Å². The van der Waals surface area contributed by atoms with Gasteiger partial charge in [-0.15, -0.1) is 0 Å². The molecule has 8 saturated carbocycles. The van der Waals surface area contributed by atoms with Crippen molar-refractivity contribution in [3.63, 3.8) is 0 Å². The molecular weight excluding hydrogens is 264 g/mol. The molecule has 0 atom stereocenters. The Morgan fingerprint density at radius 3 is 1.05 bits per heavy atom. The quantitative estimate of drug-likeness (QED) is 0.559. The zero-order valence-electron chi connectivity index (χ0n) is 14.5. The molecule has 8 aliphatic carbocycles. The van der Waals surface area contributed by atoms with Crippen LogP contribution in [0.5, 0.6) is 0 Å². The summed E-state index contributed by atoms with van der Waals surface area (Å²) in [6, 6.07) is 0. The van der Waals surface area contributed by atoms with E-state index in [0.29, 0.717) is 0 Å². The molecule has 0 nitrogen and oxygen atoms in total. The third kappa shape index (κ3) is 1.35. The van der Waals surface area contributed by atoms with Crippen molar-refractivity contribution in [2.75, 3.05) is 0 Å². The molecule has 0 heteroatoms. The van der Waals surface area contributed by atoms with Gasteiger partial charge in [0.2, 0.25) is 0 Å². The Morgan fingerprint density at radius 2 is 0.727 bits per heavy atom. The Bertz CT molecular complexity index is 403. The van der Waals surface area contributed by atoms with Crippen LogP contribution in [0.2, 0.25) is 0 Å². The Morgan fingerprint density at radius 1 is 0.409 bits per heavy atom. The maximum absolute atomic E-state index is 1.69. The van der Waals surface area contributed by atoms with Gasteiger partial charge in [0, 0.05) is 0 Å². The average Bonchev–Trinajstić information content (AvgIpc) is 2.39. The Balaban J connectivity index is 1.11. The summed E-state index contributed by atoms with van der Waals surface area (Å²) in [4.78, 5) is 0. The lowest BCUT2D eigenvalue weighted by Gasteiger charge is -2.90. The van der Waals surface area contributed by atoms with Crippen LogP contribution in [0.1, 0.15) is 103 Å². The number of hydrogen-bond acceptors (Lipinski definition) is 0. The summed E-state index contributed by atoms with van der Waals surface area (Å²) >= 11 is 0. The van der Waals surface area contributed by atoms with Gasteiger partial charge in [0.05, 0.1) is 0 Å². The van der Waals surface area contributed by atoms with Crippen LogP contribution in [-0.2, 0) is 0 Å². The van der Waals surface area contributed by atoms with E-state index < -0.39 is 0 Å². The first-order chi connectivity index (χ1) is 10.7. The van der Waals surface area contributed by atoms with Crippen LogP contribution in [0.15, 0.2) is 0 Å². The molecule has 0 aromatic carbocycles. The molecule has 0 unspecified atom stereocenters. The highest BCUT2D eigenvalue weighted by Gasteiger charge is 2.85. The number of rotatable bonds is 3. The van der Waals surface area contributed by atoms with E-state index in [9.17, 15) is 0 Å². The maximum atomic E-state index is 1.69. The van der Waals surface area contributed by atoms with Gasteiger partial charge in [-0.2, -0.15) is 0 Å². The highest BCUT2D eigenvalue weighted by Crippen LogP contribution is 2.94. The van der Waals surface area contributed by atoms with Gasteiger partial charge in [-0.1, -0.05) is 38.5 Å². The molecule has 0 saturated heterocycles. The van der Waals surface area contributed by atoms with Crippen LogP contribution >= 0.6 is 0 Å². The molecule has 8 aliphatic rings. The lowest BCUT2D eigenvalue weighted by Crippen LogP contribution is -2.81. The second-order valence-electron chi connectivity index (χ2n) is 11.0. The SMILES string of the molecule is C1CCC(C23CC(C45CC(C6CCCCC6)(C4)C5)(C2)C3)CC1. The van der Waals surface area contributed by atoms with Gasteiger partial charge in [0.1, 0.15) is 0 Å². The van der Waals surface area contributed by atoms with E-state index in [2.05, 4.69) is 0 Å². The van der Waals surface area contributed by atoms with Crippen molar-refractivity contribution in [2.24, 2.45) is 33.5 Å². The first-order valence-electron chi connectivity index (χ1n) is 10.7. The Hall–Kier alpha value is 0. The molecule has 22 heavy (non-hydrogen) atoms. The summed E-state index contributed by atoms with van der Waals surface area (Å²) in [5.41, 5.74) is 3.60. The van der Waals surface area contributed by atoms with E-state index in [4.69, 9.17) is 0 Å². The van der Waals surface area contributed by atoms with Crippen LogP contribution in [0, 0.1) is 33.5 Å². The minimum absolute atomic E-state index is 0.897. The van der Waals surface area contributed by atoms with Crippen LogP contribution in [0.4, 0.5) is 0 Å². The van der Waals surface area contributed by atoms with Crippen molar-refractivity contribution in [3.05, 3.63) is 0 Å². The normalized spacial score (nSPS) is 57.3. The summed E-state index contributed by atoms with van der Waals surface area (Å²) < 4.78 is 0. The Kier molecular flexibility index (Phi) is 2.40. The van der Waals surface area contributed by atoms with Gasteiger partial charge in [-0.05, 0) is 97.7 Å². The van der Waals surface area contributed by atoms with E-state index in [-0.39, 0.29) is 0 Å². The molecule has 0 aliphatic heterocycles. The third-order valence-corrected chi connectivity index (χ3v) is 10.2. The molecule has 0 radical (unpaired) electrons. The second-order valence-corrected chi connectivity index (χ2v) is 11.0. The van der Waals surface area contributed by atoms with E-state index in [1.165, 1.54) is 12.8 Å². The van der Waals surface area contributed by atoms with Crippen molar-refractivity contribution in [2.45, 2.75) is 103 Å².